The van der Waals surface area contributed by atoms with E-state index >= 15 is 0 Å². The maximum atomic E-state index is 5.59. The Labute approximate surface area is 73.9 Å². The summed E-state index contributed by atoms with van der Waals surface area (Å²) in [5, 5.41) is 4.58. The molecule has 0 aliphatic heterocycles. The van der Waals surface area contributed by atoms with Crippen molar-refractivity contribution in [3.63, 3.8) is 0 Å². The average Bonchev–Trinajstić information content (AvgIpc) is 2.48. The Morgan fingerprint density at radius 2 is 2.33 bits per heavy atom. The molecule has 4 heteroatoms. The minimum atomic E-state index is 0.459. The fraction of sp³-hybridized carbons (Fsp3) is 0.125. The van der Waals surface area contributed by atoms with Gasteiger partial charge in [-0.05, 0) is 18.4 Å². The molecule has 1 aromatic carbocycles. The van der Waals surface area contributed by atoms with Crippen LogP contribution in [0.5, 0.6) is 0 Å². The second kappa shape index (κ2) is 2.71. The number of nitrogens with zero attached hydrogens (tertiary/aromatic N) is 1. The van der Waals surface area contributed by atoms with Gasteiger partial charge in [-0.25, -0.2) is 0 Å². The van der Waals surface area contributed by atoms with Crippen molar-refractivity contribution in [3.05, 3.63) is 18.2 Å². The van der Waals surface area contributed by atoms with Gasteiger partial charge in [0.15, 0.2) is 11.4 Å². The third-order valence-electron chi connectivity index (χ3n) is 1.71. The van der Waals surface area contributed by atoms with E-state index in [1.54, 1.807) is 11.8 Å². The Hall–Kier alpha value is -1.16. The Morgan fingerprint density at radius 1 is 1.50 bits per heavy atom. The van der Waals surface area contributed by atoms with E-state index in [0.29, 0.717) is 5.82 Å². The van der Waals surface area contributed by atoms with E-state index < -0.39 is 0 Å². The van der Waals surface area contributed by atoms with Crippen LogP contribution in [-0.2, 0) is 0 Å². The number of rotatable bonds is 1. The average molecular weight is 180 g/mol. The number of fused-ring (bicyclic) bond motifs is 1. The van der Waals surface area contributed by atoms with Crippen LogP contribution in [0.4, 0.5) is 5.82 Å². The molecule has 2 N–H and O–H groups in total. The monoisotopic (exact) mass is 180 g/mol. The van der Waals surface area contributed by atoms with Crippen molar-refractivity contribution in [2.45, 2.75) is 4.90 Å². The van der Waals surface area contributed by atoms with Gasteiger partial charge in [0.25, 0.3) is 0 Å². The molecule has 0 radical (unpaired) electrons. The fourth-order valence-corrected chi connectivity index (χ4v) is 1.66. The molecule has 62 valence electrons. The van der Waals surface area contributed by atoms with E-state index in [1.165, 1.54) is 0 Å². The quantitative estimate of drug-likeness (QED) is 0.683. The SMILES string of the molecule is CSc1cccc2c(N)noc12. The molecule has 0 fully saturated rings. The zero-order valence-electron chi connectivity index (χ0n) is 6.57. The summed E-state index contributed by atoms with van der Waals surface area (Å²) in [5.74, 6) is 0.459. The highest BCUT2D eigenvalue weighted by Crippen LogP contribution is 2.28. The molecule has 1 aromatic heterocycles. The summed E-state index contributed by atoms with van der Waals surface area (Å²) < 4.78 is 5.07. The molecule has 2 rings (SSSR count). The number of benzene rings is 1. The van der Waals surface area contributed by atoms with Gasteiger partial charge in [-0.1, -0.05) is 11.2 Å². The summed E-state index contributed by atoms with van der Waals surface area (Å²) in [6.45, 7) is 0. The van der Waals surface area contributed by atoms with E-state index in [-0.39, 0.29) is 0 Å². The van der Waals surface area contributed by atoms with Gasteiger partial charge < -0.3 is 10.3 Å². The molecular formula is C8H8N2OS. The maximum Gasteiger partial charge on any atom is 0.182 e. The molecule has 2 aromatic rings. The van der Waals surface area contributed by atoms with Gasteiger partial charge in [0.1, 0.15) is 0 Å². The number of para-hydroxylation sites is 1. The number of hydrogen-bond acceptors (Lipinski definition) is 4. The molecular weight excluding hydrogens is 172 g/mol. The van der Waals surface area contributed by atoms with E-state index in [9.17, 15) is 0 Å². The first kappa shape index (κ1) is 7.49. The highest BCUT2D eigenvalue weighted by molar-refractivity contribution is 7.98. The Balaban J connectivity index is 2.81. The number of aromatic nitrogens is 1. The second-order valence-electron chi connectivity index (χ2n) is 2.40. The lowest BCUT2D eigenvalue weighted by Crippen LogP contribution is -1.82. The van der Waals surface area contributed by atoms with Gasteiger partial charge >= 0.3 is 0 Å². The third-order valence-corrected chi connectivity index (χ3v) is 2.47. The van der Waals surface area contributed by atoms with Crippen molar-refractivity contribution < 1.29 is 4.52 Å². The molecule has 0 bridgehead atoms. The van der Waals surface area contributed by atoms with E-state index in [4.69, 9.17) is 10.3 Å². The summed E-state index contributed by atoms with van der Waals surface area (Å²) in [6.07, 6.45) is 1.99. The maximum absolute atomic E-state index is 5.59. The fourth-order valence-electron chi connectivity index (χ4n) is 1.12. The van der Waals surface area contributed by atoms with Crippen LogP contribution in [0.25, 0.3) is 11.0 Å². The molecule has 0 amide bonds. The highest BCUT2D eigenvalue weighted by Gasteiger charge is 2.07. The van der Waals surface area contributed by atoms with Crippen LogP contribution >= 0.6 is 11.8 Å². The van der Waals surface area contributed by atoms with E-state index in [0.717, 1.165) is 15.9 Å². The molecule has 0 atom stereocenters. The summed E-state index contributed by atoms with van der Waals surface area (Å²) in [5.41, 5.74) is 6.37. The number of thioether (sulfide) groups is 1. The largest absolute Gasteiger partial charge is 0.380 e. The van der Waals surface area contributed by atoms with Crippen molar-refractivity contribution in [2.24, 2.45) is 0 Å². The number of nitrogens with two attached hydrogens (primary N) is 1. The zero-order valence-corrected chi connectivity index (χ0v) is 7.39. The minimum Gasteiger partial charge on any atom is -0.380 e. The molecule has 0 saturated heterocycles. The molecule has 3 nitrogen and oxygen atoms in total. The van der Waals surface area contributed by atoms with Crippen LogP contribution in [0.15, 0.2) is 27.6 Å². The molecule has 0 aliphatic carbocycles. The predicted octanol–water partition coefficient (Wildman–Crippen LogP) is 2.13. The molecule has 0 spiro atoms. The summed E-state index contributed by atoms with van der Waals surface area (Å²) in [6, 6.07) is 5.83. The Bertz CT molecular complexity index is 410. The predicted molar refractivity (Wildman–Crippen MR) is 50.2 cm³/mol. The molecule has 0 aliphatic rings. The van der Waals surface area contributed by atoms with Crippen LogP contribution < -0.4 is 5.73 Å². The third kappa shape index (κ3) is 0.956. The van der Waals surface area contributed by atoms with Gasteiger partial charge in [0.2, 0.25) is 0 Å². The lowest BCUT2D eigenvalue weighted by atomic mass is 10.2. The summed E-state index contributed by atoms with van der Waals surface area (Å²) >= 11 is 1.62. The van der Waals surface area contributed by atoms with Gasteiger partial charge in [-0.15, -0.1) is 11.8 Å². The first-order chi connectivity index (χ1) is 5.83. The van der Waals surface area contributed by atoms with E-state index in [2.05, 4.69) is 5.16 Å². The van der Waals surface area contributed by atoms with Gasteiger partial charge in [-0.3, -0.25) is 0 Å². The second-order valence-corrected chi connectivity index (χ2v) is 3.25. The smallest absolute Gasteiger partial charge is 0.182 e. The summed E-state index contributed by atoms with van der Waals surface area (Å²) in [4.78, 5) is 1.07. The zero-order chi connectivity index (χ0) is 8.55. The minimum absolute atomic E-state index is 0.459. The normalized spacial score (nSPS) is 10.8. The van der Waals surface area contributed by atoms with Crippen molar-refractivity contribution >= 4 is 28.5 Å². The lowest BCUT2D eigenvalue weighted by molar-refractivity contribution is 0.456. The van der Waals surface area contributed by atoms with Crippen molar-refractivity contribution in [1.82, 2.24) is 5.16 Å². The Kier molecular flexibility index (Phi) is 1.69. The highest BCUT2D eigenvalue weighted by atomic mass is 32.2. The topological polar surface area (TPSA) is 52.0 Å². The van der Waals surface area contributed by atoms with Gasteiger partial charge in [0, 0.05) is 0 Å². The molecule has 1 heterocycles. The summed E-state index contributed by atoms with van der Waals surface area (Å²) in [7, 11) is 0. The first-order valence-electron chi connectivity index (χ1n) is 3.51. The van der Waals surface area contributed by atoms with Gasteiger partial charge in [-0.2, -0.15) is 0 Å². The Morgan fingerprint density at radius 3 is 3.08 bits per heavy atom. The lowest BCUT2D eigenvalue weighted by Gasteiger charge is -1.93. The van der Waals surface area contributed by atoms with E-state index in [1.807, 2.05) is 24.5 Å². The standard InChI is InChI=1S/C8H8N2OS/c1-12-6-4-2-3-5-7(6)11-10-8(5)9/h2-4H,1H3,(H2,9,10). The van der Waals surface area contributed by atoms with Crippen LogP contribution in [0.3, 0.4) is 0 Å². The van der Waals surface area contributed by atoms with Gasteiger partial charge in [0.05, 0.1) is 10.3 Å². The number of anilines is 1. The van der Waals surface area contributed by atoms with Crippen LogP contribution in [0.2, 0.25) is 0 Å². The first-order valence-corrected chi connectivity index (χ1v) is 4.73. The van der Waals surface area contributed by atoms with Crippen LogP contribution in [-0.4, -0.2) is 11.4 Å². The number of nitrogen functional groups attached to an aromatic ring is 1. The van der Waals surface area contributed by atoms with Crippen LogP contribution in [0, 0.1) is 0 Å². The van der Waals surface area contributed by atoms with Crippen LogP contribution in [0.1, 0.15) is 0 Å². The van der Waals surface area contributed by atoms with Crippen molar-refractivity contribution in [1.29, 1.82) is 0 Å². The molecule has 12 heavy (non-hydrogen) atoms. The number of hydrogen-bond donors (Lipinski definition) is 1. The van der Waals surface area contributed by atoms with Crippen molar-refractivity contribution in [2.75, 3.05) is 12.0 Å². The van der Waals surface area contributed by atoms with Crippen molar-refractivity contribution in [3.8, 4) is 0 Å². The molecule has 0 saturated carbocycles. The molecule has 0 unspecified atom stereocenters.